The van der Waals surface area contributed by atoms with Crippen LogP contribution < -0.4 is 19.1 Å². The topological polar surface area (TPSA) is 84.9 Å². The van der Waals surface area contributed by atoms with Crippen LogP contribution in [0.15, 0.2) is 77.7 Å². The lowest BCUT2D eigenvalue weighted by Gasteiger charge is -2.24. The molecule has 0 aliphatic heterocycles. The normalized spacial score (nSPS) is 11.0. The van der Waals surface area contributed by atoms with Crippen LogP contribution >= 0.6 is 11.6 Å². The number of hydrogen-bond acceptors (Lipinski definition) is 5. The first-order valence-electron chi connectivity index (χ1n) is 10.2. The Morgan fingerprint density at radius 1 is 1.03 bits per heavy atom. The van der Waals surface area contributed by atoms with Gasteiger partial charge in [-0.25, -0.2) is 8.42 Å². The van der Waals surface area contributed by atoms with Crippen LogP contribution in [0.4, 0.5) is 5.69 Å². The maximum absolute atomic E-state index is 13.3. The third-order valence-electron chi connectivity index (χ3n) is 4.72. The van der Waals surface area contributed by atoms with Gasteiger partial charge in [-0.05, 0) is 55.0 Å². The number of halogens is 1. The number of amides is 1. The zero-order valence-electron chi connectivity index (χ0n) is 18.3. The Labute approximate surface area is 198 Å². The second kappa shape index (κ2) is 11.1. The second-order valence-electron chi connectivity index (χ2n) is 7.16. The molecular weight excluding hydrogens is 464 g/mol. The molecule has 0 unspecified atom stereocenters. The van der Waals surface area contributed by atoms with Crippen LogP contribution in [0.2, 0.25) is 5.02 Å². The molecule has 0 aliphatic carbocycles. The number of methoxy groups -OCH3 is 1. The molecule has 0 bridgehead atoms. The average Bonchev–Trinajstić information content (AvgIpc) is 2.81. The Hall–Kier alpha value is -3.23. The van der Waals surface area contributed by atoms with Crippen LogP contribution in [-0.4, -0.2) is 41.1 Å². The maximum atomic E-state index is 13.3. The van der Waals surface area contributed by atoms with Crippen molar-refractivity contribution >= 4 is 33.2 Å². The number of nitrogens with zero attached hydrogens (tertiary/aromatic N) is 1. The van der Waals surface area contributed by atoms with Gasteiger partial charge in [0.1, 0.15) is 24.7 Å². The molecule has 33 heavy (non-hydrogen) atoms. The molecule has 3 rings (SSSR count). The Balaban J connectivity index is 1.74. The first kappa shape index (κ1) is 24.4. The number of carbonyl (C=O) groups excluding carboxylic acids is 1. The lowest BCUT2D eigenvalue weighted by molar-refractivity contribution is -0.119. The fourth-order valence-electron chi connectivity index (χ4n) is 3.10. The quantitative estimate of drug-likeness (QED) is 0.435. The van der Waals surface area contributed by atoms with Gasteiger partial charge in [0.2, 0.25) is 5.91 Å². The Morgan fingerprint density at radius 3 is 2.45 bits per heavy atom. The summed E-state index contributed by atoms with van der Waals surface area (Å²) in [6.45, 7) is 2.00. The summed E-state index contributed by atoms with van der Waals surface area (Å²) in [7, 11) is -2.56. The van der Waals surface area contributed by atoms with Gasteiger partial charge >= 0.3 is 0 Å². The standard InChI is InChI=1S/C24H25ClN2O5S/c1-18-7-6-8-20(15-18)32-14-13-26-24(28)17-27(19-11-12-23(31-2)22(25)16-19)33(29,30)21-9-4-3-5-10-21/h3-12,15-16H,13-14,17H2,1-2H3,(H,26,28). The van der Waals surface area contributed by atoms with Gasteiger partial charge in [0.15, 0.2) is 0 Å². The van der Waals surface area contributed by atoms with Crippen molar-refractivity contribution in [1.29, 1.82) is 0 Å². The fourth-order valence-corrected chi connectivity index (χ4v) is 4.78. The average molecular weight is 489 g/mol. The molecule has 0 radical (unpaired) electrons. The highest BCUT2D eigenvalue weighted by atomic mass is 35.5. The summed E-state index contributed by atoms with van der Waals surface area (Å²) < 4.78 is 38.4. The third-order valence-corrected chi connectivity index (χ3v) is 6.81. The van der Waals surface area contributed by atoms with Gasteiger partial charge in [-0.2, -0.15) is 0 Å². The number of sulfonamides is 1. The number of carbonyl (C=O) groups is 1. The van der Waals surface area contributed by atoms with Crippen molar-refractivity contribution in [1.82, 2.24) is 5.32 Å². The van der Waals surface area contributed by atoms with Crippen LogP contribution in [0.25, 0.3) is 0 Å². The summed E-state index contributed by atoms with van der Waals surface area (Å²) in [5, 5.41) is 2.93. The van der Waals surface area contributed by atoms with E-state index in [0.29, 0.717) is 11.5 Å². The number of nitrogens with one attached hydrogen (secondary N) is 1. The van der Waals surface area contributed by atoms with Crippen molar-refractivity contribution in [3.05, 3.63) is 83.4 Å². The van der Waals surface area contributed by atoms with Crippen LogP contribution in [0.1, 0.15) is 5.56 Å². The Bertz CT molecular complexity index is 1200. The molecule has 1 amide bonds. The van der Waals surface area contributed by atoms with Gasteiger partial charge in [0.25, 0.3) is 10.0 Å². The second-order valence-corrected chi connectivity index (χ2v) is 9.43. The molecule has 0 saturated carbocycles. The minimum Gasteiger partial charge on any atom is -0.495 e. The minimum absolute atomic E-state index is 0.0625. The van der Waals surface area contributed by atoms with Crippen molar-refractivity contribution < 1.29 is 22.7 Å². The van der Waals surface area contributed by atoms with E-state index >= 15 is 0 Å². The molecule has 3 aromatic carbocycles. The number of rotatable bonds is 10. The predicted molar refractivity (Wildman–Crippen MR) is 129 cm³/mol. The molecule has 0 saturated heterocycles. The first-order valence-corrected chi connectivity index (χ1v) is 12.0. The SMILES string of the molecule is COc1ccc(N(CC(=O)NCCOc2cccc(C)c2)S(=O)(=O)c2ccccc2)cc1Cl. The molecular formula is C24H25ClN2O5S. The van der Waals surface area contributed by atoms with E-state index in [2.05, 4.69) is 5.32 Å². The largest absolute Gasteiger partial charge is 0.495 e. The summed E-state index contributed by atoms with van der Waals surface area (Å²) in [6.07, 6.45) is 0. The van der Waals surface area contributed by atoms with Crippen LogP contribution in [-0.2, 0) is 14.8 Å². The molecule has 0 fully saturated rings. The predicted octanol–water partition coefficient (Wildman–Crippen LogP) is 4.05. The molecule has 0 aliphatic rings. The van der Waals surface area contributed by atoms with Crippen molar-refractivity contribution in [2.24, 2.45) is 0 Å². The van der Waals surface area contributed by atoms with E-state index < -0.39 is 22.5 Å². The zero-order valence-corrected chi connectivity index (χ0v) is 19.9. The van der Waals surface area contributed by atoms with Gasteiger partial charge in [0, 0.05) is 0 Å². The first-order chi connectivity index (χ1) is 15.8. The number of ether oxygens (including phenoxy) is 2. The molecule has 0 heterocycles. The maximum Gasteiger partial charge on any atom is 0.264 e. The smallest absolute Gasteiger partial charge is 0.264 e. The molecule has 0 atom stereocenters. The van der Waals surface area contributed by atoms with Gasteiger partial charge in [-0.15, -0.1) is 0 Å². The molecule has 0 spiro atoms. The van der Waals surface area contributed by atoms with Crippen LogP contribution in [0.3, 0.4) is 0 Å². The van der Waals surface area contributed by atoms with Crippen molar-refractivity contribution in [2.75, 3.05) is 31.1 Å². The van der Waals surface area contributed by atoms with Crippen molar-refractivity contribution in [3.8, 4) is 11.5 Å². The highest BCUT2D eigenvalue weighted by Crippen LogP contribution is 2.31. The fraction of sp³-hybridized carbons (Fsp3) is 0.208. The summed E-state index contributed by atoms with van der Waals surface area (Å²) in [5.41, 5.74) is 1.31. The van der Waals surface area contributed by atoms with Crippen LogP contribution in [0, 0.1) is 6.92 Å². The van der Waals surface area contributed by atoms with Gasteiger partial charge < -0.3 is 14.8 Å². The van der Waals surface area contributed by atoms with E-state index in [1.807, 2.05) is 31.2 Å². The van der Waals surface area contributed by atoms with E-state index in [-0.39, 0.29) is 28.8 Å². The van der Waals surface area contributed by atoms with E-state index in [0.717, 1.165) is 9.87 Å². The van der Waals surface area contributed by atoms with Crippen LogP contribution in [0.5, 0.6) is 11.5 Å². The van der Waals surface area contributed by atoms with Gasteiger partial charge in [0.05, 0.1) is 29.3 Å². The zero-order chi connectivity index (χ0) is 23.8. The Kier molecular flexibility index (Phi) is 8.19. The number of hydrogen-bond donors (Lipinski definition) is 1. The molecule has 9 heteroatoms. The molecule has 3 aromatic rings. The summed E-state index contributed by atoms with van der Waals surface area (Å²) in [4.78, 5) is 12.7. The van der Waals surface area contributed by atoms with Gasteiger partial charge in [-0.1, -0.05) is 41.9 Å². The van der Waals surface area contributed by atoms with E-state index in [1.54, 1.807) is 30.3 Å². The Morgan fingerprint density at radius 2 is 1.79 bits per heavy atom. The lowest BCUT2D eigenvalue weighted by Crippen LogP contribution is -2.41. The molecule has 174 valence electrons. The summed E-state index contributed by atoms with van der Waals surface area (Å²) >= 11 is 6.21. The molecule has 7 nitrogen and oxygen atoms in total. The highest BCUT2D eigenvalue weighted by molar-refractivity contribution is 7.92. The minimum atomic E-state index is -4.02. The van der Waals surface area contributed by atoms with Crippen molar-refractivity contribution in [3.63, 3.8) is 0 Å². The summed E-state index contributed by atoms with van der Waals surface area (Å²) in [5.74, 6) is 0.620. The number of anilines is 1. The number of benzene rings is 3. The molecule has 0 aromatic heterocycles. The lowest BCUT2D eigenvalue weighted by atomic mass is 10.2. The van der Waals surface area contributed by atoms with E-state index in [9.17, 15) is 13.2 Å². The third kappa shape index (κ3) is 6.40. The van der Waals surface area contributed by atoms with E-state index in [4.69, 9.17) is 21.1 Å². The highest BCUT2D eigenvalue weighted by Gasteiger charge is 2.27. The molecule has 1 N–H and O–H groups in total. The number of aryl methyl sites for hydroxylation is 1. The van der Waals surface area contributed by atoms with E-state index in [1.165, 1.54) is 25.3 Å². The summed E-state index contributed by atoms with van der Waals surface area (Å²) in [6, 6.07) is 20.0. The van der Waals surface area contributed by atoms with Crippen molar-refractivity contribution in [2.45, 2.75) is 11.8 Å². The monoisotopic (exact) mass is 488 g/mol. The van der Waals surface area contributed by atoms with Gasteiger partial charge in [-0.3, -0.25) is 9.10 Å².